The van der Waals surface area contributed by atoms with Crippen molar-refractivity contribution < 1.29 is 4.79 Å². The van der Waals surface area contributed by atoms with Crippen LogP contribution in [0.4, 0.5) is 0 Å². The molecular weight excluding hydrogens is 379 g/mol. The van der Waals surface area contributed by atoms with Gasteiger partial charge in [0.2, 0.25) is 5.91 Å². The average molecular weight is 410 g/mol. The molecule has 6 heteroatoms. The number of unbranched alkanes of at least 4 members (excludes halogenated alkanes) is 1. The first-order valence-electron chi connectivity index (χ1n) is 7.76. The second kappa shape index (κ2) is 11.1. The topological polar surface area (TPSA) is 47.9 Å². The number of carbonyl (C=O) groups is 1. The van der Waals surface area contributed by atoms with E-state index in [1.165, 1.54) is 25.7 Å². The van der Waals surface area contributed by atoms with E-state index in [-0.39, 0.29) is 36.4 Å². The van der Waals surface area contributed by atoms with Gasteiger partial charge in [0, 0.05) is 33.7 Å². The van der Waals surface area contributed by atoms with E-state index in [1.54, 1.807) is 19.0 Å². The third-order valence-corrected chi connectivity index (χ3v) is 3.76. The maximum absolute atomic E-state index is 11.7. The molecule has 0 heterocycles. The molecular formula is C15H31IN4O. The SMILES string of the molecule is CCCCN(C)C(=NCC(=O)N(C)C)NC1CCCC1.I. The number of hydrogen-bond donors (Lipinski definition) is 1. The molecule has 1 N–H and O–H groups in total. The van der Waals surface area contributed by atoms with E-state index in [0.717, 1.165) is 25.3 Å². The maximum Gasteiger partial charge on any atom is 0.243 e. The van der Waals surface area contributed by atoms with Gasteiger partial charge < -0.3 is 15.1 Å². The van der Waals surface area contributed by atoms with Crippen LogP contribution in [0.15, 0.2) is 4.99 Å². The van der Waals surface area contributed by atoms with Crippen LogP contribution in [0, 0.1) is 0 Å². The molecule has 0 atom stereocenters. The summed E-state index contributed by atoms with van der Waals surface area (Å²) in [4.78, 5) is 19.9. The lowest BCUT2D eigenvalue weighted by molar-refractivity contribution is -0.127. The summed E-state index contributed by atoms with van der Waals surface area (Å²) in [6, 6.07) is 0.521. The van der Waals surface area contributed by atoms with E-state index in [2.05, 4.69) is 29.2 Å². The van der Waals surface area contributed by atoms with Crippen LogP contribution in [0.2, 0.25) is 0 Å². The summed E-state index contributed by atoms with van der Waals surface area (Å²) in [5, 5.41) is 3.52. The predicted molar refractivity (Wildman–Crippen MR) is 99.3 cm³/mol. The molecule has 1 saturated carbocycles. The molecule has 0 bridgehead atoms. The molecule has 0 aromatic heterocycles. The summed E-state index contributed by atoms with van der Waals surface area (Å²) in [7, 11) is 5.59. The molecule has 5 nitrogen and oxygen atoms in total. The van der Waals surface area contributed by atoms with Gasteiger partial charge in [-0.25, -0.2) is 4.99 Å². The third kappa shape index (κ3) is 7.87. The van der Waals surface area contributed by atoms with Crippen molar-refractivity contribution in [3.63, 3.8) is 0 Å². The molecule has 0 aromatic rings. The van der Waals surface area contributed by atoms with Crippen molar-refractivity contribution in [2.75, 3.05) is 34.2 Å². The molecule has 0 aromatic carbocycles. The number of hydrogen-bond acceptors (Lipinski definition) is 2. The number of carbonyl (C=O) groups excluding carboxylic acids is 1. The van der Waals surface area contributed by atoms with Crippen LogP contribution in [0.25, 0.3) is 0 Å². The highest BCUT2D eigenvalue weighted by molar-refractivity contribution is 14.0. The van der Waals surface area contributed by atoms with Crippen molar-refractivity contribution >= 4 is 35.8 Å². The highest BCUT2D eigenvalue weighted by Crippen LogP contribution is 2.17. The zero-order valence-electron chi connectivity index (χ0n) is 13.9. The van der Waals surface area contributed by atoms with Crippen molar-refractivity contribution in [3.8, 4) is 0 Å². The Morgan fingerprint density at radius 1 is 1.24 bits per heavy atom. The third-order valence-electron chi connectivity index (χ3n) is 3.76. The quantitative estimate of drug-likeness (QED) is 0.416. The van der Waals surface area contributed by atoms with E-state index in [9.17, 15) is 4.79 Å². The highest BCUT2D eigenvalue weighted by atomic mass is 127. The smallest absolute Gasteiger partial charge is 0.243 e. The monoisotopic (exact) mass is 410 g/mol. The van der Waals surface area contributed by atoms with Crippen LogP contribution in [-0.4, -0.2) is 61.9 Å². The first kappa shape index (κ1) is 20.5. The molecule has 0 saturated heterocycles. The average Bonchev–Trinajstić information content (AvgIpc) is 2.93. The molecule has 21 heavy (non-hydrogen) atoms. The molecule has 0 unspecified atom stereocenters. The normalized spacial score (nSPS) is 15.5. The second-order valence-electron chi connectivity index (χ2n) is 5.83. The van der Waals surface area contributed by atoms with Crippen LogP contribution < -0.4 is 5.32 Å². The first-order valence-corrected chi connectivity index (χ1v) is 7.76. The molecule has 0 aliphatic heterocycles. The first-order chi connectivity index (χ1) is 9.54. The van der Waals surface area contributed by atoms with Gasteiger partial charge >= 0.3 is 0 Å². The number of nitrogens with zero attached hydrogens (tertiary/aromatic N) is 3. The van der Waals surface area contributed by atoms with Gasteiger partial charge in [-0.05, 0) is 19.3 Å². The fourth-order valence-corrected chi connectivity index (χ4v) is 2.31. The zero-order valence-corrected chi connectivity index (χ0v) is 16.2. The molecule has 1 aliphatic carbocycles. The number of nitrogens with one attached hydrogen (secondary N) is 1. The highest BCUT2D eigenvalue weighted by Gasteiger charge is 2.18. The Balaban J connectivity index is 0.00000400. The Kier molecular flexibility index (Phi) is 10.8. The summed E-state index contributed by atoms with van der Waals surface area (Å²) >= 11 is 0. The number of likely N-dealkylation sites (N-methyl/N-ethyl adjacent to an activating group) is 1. The van der Waals surface area contributed by atoms with Gasteiger partial charge in [0.25, 0.3) is 0 Å². The summed E-state index contributed by atoms with van der Waals surface area (Å²) in [5.41, 5.74) is 0. The minimum atomic E-state index is 0. The summed E-state index contributed by atoms with van der Waals surface area (Å²) in [6.07, 6.45) is 7.31. The van der Waals surface area contributed by atoms with Gasteiger partial charge in [0.05, 0.1) is 0 Å². The van der Waals surface area contributed by atoms with Gasteiger partial charge in [0.15, 0.2) is 5.96 Å². The lowest BCUT2D eigenvalue weighted by atomic mass is 10.2. The van der Waals surface area contributed by atoms with E-state index in [1.807, 2.05) is 0 Å². The number of aliphatic imine (C=N–C) groups is 1. The predicted octanol–water partition coefficient (Wildman–Crippen LogP) is 2.31. The lowest BCUT2D eigenvalue weighted by Crippen LogP contribution is -2.44. The fraction of sp³-hybridized carbons (Fsp3) is 0.867. The van der Waals surface area contributed by atoms with E-state index >= 15 is 0 Å². The molecule has 1 fully saturated rings. The van der Waals surface area contributed by atoms with Crippen molar-refractivity contribution in [2.45, 2.75) is 51.5 Å². The van der Waals surface area contributed by atoms with Crippen molar-refractivity contribution in [3.05, 3.63) is 0 Å². The lowest BCUT2D eigenvalue weighted by Gasteiger charge is -2.25. The standard InChI is InChI=1S/C15H30N4O.HI/c1-5-6-11-19(4)15(16-12-14(20)18(2)3)17-13-9-7-8-10-13;/h13H,5-12H2,1-4H3,(H,16,17);1H. The largest absolute Gasteiger partial charge is 0.354 e. The summed E-state index contributed by atoms with van der Waals surface area (Å²) in [5.74, 6) is 0.917. The van der Waals surface area contributed by atoms with Gasteiger partial charge in [0.1, 0.15) is 6.54 Å². The van der Waals surface area contributed by atoms with E-state index < -0.39 is 0 Å². The molecule has 1 rings (SSSR count). The number of rotatable bonds is 6. The Labute approximate surface area is 146 Å². The van der Waals surface area contributed by atoms with Crippen LogP contribution in [0.1, 0.15) is 45.4 Å². The summed E-state index contributed by atoms with van der Waals surface area (Å²) < 4.78 is 0. The molecule has 124 valence electrons. The summed E-state index contributed by atoms with van der Waals surface area (Å²) in [6.45, 7) is 3.38. The Hall–Kier alpha value is -0.530. The van der Waals surface area contributed by atoms with Crippen molar-refractivity contribution in [1.82, 2.24) is 15.1 Å². The number of guanidine groups is 1. The fourth-order valence-electron chi connectivity index (χ4n) is 2.31. The van der Waals surface area contributed by atoms with Gasteiger partial charge in [-0.1, -0.05) is 26.2 Å². The van der Waals surface area contributed by atoms with Gasteiger partial charge in [-0.3, -0.25) is 4.79 Å². The van der Waals surface area contributed by atoms with Crippen LogP contribution in [0.5, 0.6) is 0 Å². The molecule has 1 amide bonds. The molecule has 1 aliphatic rings. The van der Waals surface area contributed by atoms with E-state index in [4.69, 9.17) is 0 Å². The van der Waals surface area contributed by atoms with Gasteiger partial charge in [-0.2, -0.15) is 0 Å². The number of halogens is 1. The van der Waals surface area contributed by atoms with Crippen molar-refractivity contribution in [1.29, 1.82) is 0 Å². The Morgan fingerprint density at radius 3 is 2.38 bits per heavy atom. The van der Waals surface area contributed by atoms with Crippen molar-refractivity contribution in [2.24, 2.45) is 4.99 Å². The van der Waals surface area contributed by atoms with Gasteiger partial charge in [-0.15, -0.1) is 24.0 Å². The Morgan fingerprint density at radius 2 is 1.86 bits per heavy atom. The zero-order chi connectivity index (χ0) is 15.0. The Bertz CT molecular complexity index is 328. The minimum Gasteiger partial charge on any atom is -0.354 e. The van der Waals surface area contributed by atoms with E-state index in [0.29, 0.717) is 6.04 Å². The second-order valence-corrected chi connectivity index (χ2v) is 5.83. The number of amides is 1. The van der Waals surface area contributed by atoms with Crippen LogP contribution in [-0.2, 0) is 4.79 Å². The minimum absolute atomic E-state index is 0. The molecule has 0 radical (unpaired) electrons. The molecule has 0 spiro atoms. The van der Waals surface area contributed by atoms with Crippen LogP contribution >= 0.6 is 24.0 Å². The van der Waals surface area contributed by atoms with Crippen LogP contribution in [0.3, 0.4) is 0 Å². The maximum atomic E-state index is 11.7.